The third-order valence-electron chi connectivity index (χ3n) is 5.32. The van der Waals surface area contributed by atoms with Gasteiger partial charge in [0.15, 0.2) is 5.82 Å². The smallest absolute Gasteiger partial charge is 0.244 e. The normalized spacial score (nSPS) is 17.4. The van der Waals surface area contributed by atoms with E-state index >= 15 is 0 Å². The molecule has 0 saturated carbocycles. The van der Waals surface area contributed by atoms with E-state index < -0.39 is 0 Å². The predicted octanol–water partition coefficient (Wildman–Crippen LogP) is 4.19. The second-order valence-corrected chi connectivity index (χ2v) is 8.14. The highest BCUT2D eigenvalue weighted by atomic mass is 35.5. The predicted molar refractivity (Wildman–Crippen MR) is 115 cm³/mol. The van der Waals surface area contributed by atoms with Crippen molar-refractivity contribution < 1.29 is 4.79 Å². The van der Waals surface area contributed by atoms with E-state index in [4.69, 9.17) is 11.6 Å². The zero-order chi connectivity index (χ0) is 19.7. The Hall–Kier alpha value is -2.37. The number of anilines is 2. The van der Waals surface area contributed by atoms with Gasteiger partial charge in [-0.15, -0.1) is 0 Å². The summed E-state index contributed by atoms with van der Waals surface area (Å²) in [5.41, 5.74) is 4.55. The van der Waals surface area contributed by atoms with Gasteiger partial charge in [0.1, 0.15) is 0 Å². The molecule has 0 bridgehead atoms. The highest BCUT2D eigenvalue weighted by molar-refractivity contribution is 6.30. The lowest BCUT2D eigenvalue weighted by molar-refractivity contribution is -0.115. The van der Waals surface area contributed by atoms with Crippen LogP contribution in [0.15, 0.2) is 42.6 Å². The number of halogens is 1. The number of carbonyl (C=O) groups excluding carboxylic acids is 1. The summed E-state index contributed by atoms with van der Waals surface area (Å²) in [6.45, 7) is 7.24. The number of hydrogen-bond donors (Lipinski definition) is 1. The van der Waals surface area contributed by atoms with Crippen LogP contribution in [-0.4, -0.2) is 41.5 Å². The molecule has 28 heavy (non-hydrogen) atoms. The molecular weight excluding hydrogens is 372 g/mol. The van der Waals surface area contributed by atoms with Crippen LogP contribution in [0.1, 0.15) is 31.4 Å². The zero-order valence-electron chi connectivity index (χ0n) is 16.3. The fraction of sp³-hybridized carbons (Fsp3) is 0.364. The molecule has 3 heterocycles. The Bertz CT molecular complexity index is 907. The van der Waals surface area contributed by atoms with E-state index in [-0.39, 0.29) is 11.9 Å². The monoisotopic (exact) mass is 396 g/mol. The van der Waals surface area contributed by atoms with E-state index in [1.54, 1.807) is 0 Å². The molecule has 1 aromatic heterocycles. The van der Waals surface area contributed by atoms with Gasteiger partial charge in [-0.05, 0) is 55.2 Å². The van der Waals surface area contributed by atoms with Crippen LogP contribution in [0.25, 0.3) is 5.57 Å². The molecule has 1 N–H and O–H groups in total. The maximum atomic E-state index is 12.0. The first-order chi connectivity index (χ1) is 13.5. The summed E-state index contributed by atoms with van der Waals surface area (Å²) in [4.78, 5) is 21.1. The van der Waals surface area contributed by atoms with Crippen molar-refractivity contribution in [1.29, 1.82) is 0 Å². The van der Waals surface area contributed by atoms with Crippen molar-refractivity contribution in [2.75, 3.05) is 29.9 Å². The number of aromatic nitrogens is 1. The second-order valence-electron chi connectivity index (χ2n) is 7.71. The van der Waals surface area contributed by atoms with Gasteiger partial charge in [0, 0.05) is 36.9 Å². The van der Waals surface area contributed by atoms with E-state index in [2.05, 4.69) is 53.3 Å². The molecule has 0 radical (unpaired) electrons. The topological polar surface area (TPSA) is 48.5 Å². The van der Waals surface area contributed by atoms with Gasteiger partial charge >= 0.3 is 0 Å². The van der Waals surface area contributed by atoms with Gasteiger partial charge in [-0.3, -0.25) is 9.69 Å². The number of carbonyl (C=O) groups is 1. The highest BCUT2D eigenvalue weighted by Gasteiger charge is 2.25. The summed E-state index contributed by atoms with van der Waals surface area (Å²) in [6.07, 6.45) is 5.24. The average molecular weight is 397 g/mol. The summed E-state index contributed by atoms with van der Waals surface area (Å²) in [5, 5.41) is 3.74. The Labute approximate surface area is 171 Å². The second kappa shape index (κ2) is 7.94. The molecule has 1 aromatic carbocycles. The van der Waals surface area contributed by atoms with Gasteiger partial charge in [0.05, 0.1) is 12.2 Å². The number of pyridine rings is 1. The Morgan fingerprint density at radius 3 is 2.71 bits per heavy atom. The quantitative estimate of drug-likeness (QED) is 0.841. The minimum Gasteiger partial charge on any atom is -0.343 e. The van der Waals surface area contributed by atoms with Gasteiger partial charge in [0.25, 0.3) is 0 Å². The molecule has 0 saturated heterocycles. The molecule has 0 spiro atoms. The molecule has 0 unspecified atom stereocenters. The SMILES string of the molecule is CC(C)N1CC(=O)Nc2cc(CN3CC=C(c4ccc(Cl)cc4)CC3)cnc21. The number of fused-ring (bicyclic) bond motifs is 1. The maximum Gasteiger partial charge on any atom is 0.244 e. The van der Waals surface area contributed by atoms with Crippen LogP contribution in [0, 0.1) is 0 Å². The number of nitrogens with one attached hydrogen (secondary N) is 1. The summed E-state index contributed by atoms with van der Waals surface area (Å²) in [5.74, 6) is 0.885. The molecule has 146 valence electrons. The fourth-order valence-corrected chi connectivity index (χ4v) is 3.92. The summed E-state index contributed by atoms with van der Waals surface area (Å²) < 4.78 is 0. The molecule has 0 atom stereocenters. The summed E-state index contributed by atoms with van der Waals surface area (Å²) >= 11 is 5.99. The van der Waals surface area contributed by atoms with E-state index in [1.807, 2.05) is 23.2 Å². The average Bonchev–Trinajstić information content (AvgIpc) is 2.68. The molecule has 2 aliphatic heterocycles. The molecule has 1 amide bonds. The number of nitrogens with zero attached hydrogens (tertiary/aromatic N) is 3. The first-order valence-corrected chi connectivity index (χ1v) is 10.1. The molecular formula is C22H25ClN4O. The van der Waals surface area contributed by atoms with Crippen LogP contribution in [0.5, 0.6) is 0 Å². The lowest BCUT2D eigenvalue weighted by Gasteiger charge is -2.33. The van der Waals surface area contributed by atoms with E-state index in [9.17, 15) is 4.79 Å². The number of benzene rings is 1. The fourth-order valence-electron chi connectivity index (χ4n) is 3.79. The third-order valence-corrected chi connectivity index (χ3v) is 5.57. The van der Waals surface area contributed by atoms with Crippen molar-refractivity contribution in [2.24, 2.45) is 0 Å². The van der Waals surface area contributed by atoms with Crippen LogP contribution < -0.4 is 10.2 Å². The van der Waals surface area contributed by atoms with Crippen LogP contribution in [0.2, 0.25) is 5.02 Å². The number of rotatable bonds is 4. The largest absolute Gasteiger partial charge is 0.343 e. The molecule has 0 fully saturated rings. The van der Waals surface area contributed by atoms with Crippen molar-refractivity contribution in [2.45, 2.75) is 32.9 Å². The van der Waals surface area contributed by atoms with Gasteiger partial charge in [-0.1, -0.05) is 29.8 Å². The molecule has 6 heteroatoms. The van der Waals surface area contributed by atoms with Crippen molar-refractivity contribution >= 4 is 34.6 Å². The van der Waals surface area contributed by atoms with E-state index in [0.29, 0.717) is 6.54 Å². The zero-order valence-corrected chi connectivity index (χ0v) is 17.0. The Morgan fingerprint density at radius 2 is 2.04 bits per heavy atom. The molecule has 5 nitrogen and oxygen atoms in total. The third kappa shape index (κ3) is 4.05. The van der Waals surface area contributed by atoms with Crippen LogP contribution in [0.4, 0.5) is 11.5 Å². The van der Waals surface area contributed by atoms with Gasteiger partial charge in [-0.25, -0.2) is 4.98 Å². The van der Waals surface area contributed by atoms with Crippen molar-refractivity contribution in [1.82, 2.24) is 9.88 Å². The first-order valence-electron chi connectivity index (χ1n) is 9.72. The Morgan fingerprint density at radius 1 is 1.25 bits per heavy atom. The summed E-state index contributed by atoms with van der Waals surface area (Å²) in [6, 6.07) is 10.4. The van der Waals surface area contributed by atoms with Crippen LogP contribution >= 0.6 is 11.6 Å². The molecule has 4 rings (SSSR count). The Kier molecular flexibility index (Phi) is 5.38. The highest BCUT2D eigenvalue weighted by Crippen LogP contribution is 2.30. The van der Waals surface area contributed by atoms with Crippen molar-refractivity contribution in [3.63, 3.8) is 0 Å². The molecule has 2 aliphatic rings. The number of hydrogen-bond acceptors (Lipinski definition) is 4. The van der Waals surface area contributed by atoms with Gasteiger partial charge in [0.2, 0.25) is 5.91 Å². The molecule has 0 aliphatic carbocycles. The maximum absolute atomic E-state index is 12.0. The summed E-state index contributed by atoms with van der Waals surface area (Å²) in [7, 11) is 0. The van der Waals surface area contributed by atoms with Crippen molar-refractivity contribution in [3.05, 3.63) is 58.8 Å². The Balaban J connectivity index is 1.45. The first kappa shape index (κ1) is 19.0. The van der Waals surface area contributed by atoms with Crippen molar-refractivity contribution in [3.8, 4) is 0 Å². The van der Waals surface area contributed by atoms with E-state index in [1.165, 1.54) is 11.1 Å². The van der Waals surface area contributed by atoms with Gasteiger partial charge < -0.3 is 10.2 Å². The standard InChI is InChI=1S/C22H25ClN4O/c1-15(2)27-14-21(28)25-20-11-16(12-24-22(20)27)13-26-9-7-18(8-10-26)17-3-5-19(23)6-4-17/h3-7,11-12,15H,8-10,13-14H2,1-2H3,(H,25,28). The lowest BCUT2D eigenvalue weighted by Crippen LogP contribution is -2.42. The minimum absolute atomic E-state index is 0.0219. The minimum atomic E-state index is 0.0219. The van der Waals surface area contributed by atoms with Crippen LogP contribution in [-0.2, 0) is 11.3 Å². The van der Waals surface area contributed by atoms with Gasteiger partial charge in [-0.2, -0.15) is 0 Å². The number of amides is 1. The van der Waals surface area contributed by atoms with E-state index in [0.717, 1.165) is 48.1 Å². The lowest BCUT2D eigenvalue weighted by atomic mass is 9.99. The molecule has 2 aromatic rings. The van der Waals surface area contributed by atoms with Crippen LogP contribution in [0.3, 0.4) is 0 Å².